The van der Waals surface area contributed by atoms with Crippen molar-refractivity contribution in [1.29, 1.82) is 0 Å². The second-order valence-corrected chi connectivity index (χ2v) is 9.51. The molecule has 1 unspecified atom stereocenters. The molecule has 0 aliphatic carbocycles. The fraction of sp³-hybridized carbons (Fsp3) is 0.241. The maximum Gasteiger partial charge on any atom is 0.192 e. The zero-order valence-electron chi connectivity index (χ0n) is 20.9. The van der Waals surface area contributed by atoms with E-state index in [2.05, 4.69) is 84.5 Å². The lowest BCUT2D eigenvalue weighted by molar-refractivity contribution is 0.452. The lowest BCUT2D eigenvalue weighted by Crippen LogP contribution is -2.52. The van der Waals surface area contributed by atoms with Gasteiger partial charge in [-0.05, 0) is 42.7 Å². The Kier molecular flexibility index (Phi) is 6.47. The molecule has 0 saturated carbocycles. The second kappa shape index (κ2) is 10.4. The molecule has 0 spiro atoms. The Morgan fingerprint density at radius 1 is 0.946 bits per heavy atom. The van der Waals surface area contributed by atoms with Crippen molar-refractivity contribution in [3.63, 3.8) is 0 Å². The average molecular weight is 491 g/mol. The van der Waals surface area contributed by atoms with Crippen LogP contribution in [0.3, 0.4) is 0 Å². The molecular formula is C29H30N8. The molecule has 1 aliphatic rings. The third-order valence-electron chi connectivity index (χ3n) is 6.85. The van der Waals surface area contributed by atoms with E-state index in [9.17, 15) is 0 Å². The van der Waals surface area contributed by atoms with E-state index in [1.54, 1.807) is 0 Å². The number of hydrogen-bond donors (Lipinski definition) is 3. The number of aromatic nitrogens is 5. The van der Waals surface area contributed by atoms with Crippen LogP contribution in [0.15, 0.2) is 78.9 Å². The third-order valence-corrected chi connectivity index (χ3v) is 6.85. The Hall–Kier alpha value is -4.30. The molecule has 3 aromatic carbocycles. The summed E-state index contributed by atoms with van der Waals surface area (Å²) in [6.07, 6.45) is 0.964. The molecular weight excluding hydrogens is 460 g/mol. The molecule has 3 heterocycles. The van der Waals surface area contributed by atoms with Crippen molar-refractivity contribution >= 4 is 22.5 Å². The maximum absolute atomic E-state index is 5.07. The lowest BCUT2D eigenvalue weighted by Gasteiger charge is -2.35. The number of H-pyrrole nitrogens is 1. The number of piperazine rings is 1. The normalized spacial score (nSPS) is 15.7. The number of fused-ring (bicyclic) bond motifs is 1. The number of anilines is 2. The van der Waals surface area contributed by atoms with Gasteiger partial charge < -0.3 is 15.5 Å². The first-order valence-corrected chi connectivity index (χ1v) is 12.7. The van der Waals surface area contributed by atoms with E-state index in [1.165, 1.54) is 11.1 Å². The van der Waals surface area contributed by atoms with Gasteiger partial charge in [-0.15, -0.1) is 10.2 Å². The Morgan fingerprint density at radius 3 is 2.54 bits per heavy atom. The van der Waals surface area contributed by atoms with Gasteiger partial charge in [0.2, 0.25) is 0 Å². The molecule has 0 radical (unpaired) electrons. The Morgan fingerprint density at radius 2 is 1.73 bits per heavy atom. The highest BCUT2D eigenvalue weighted by atomic mass is 15.3. The van der Waals surface area contributed by atoms with Gasteiger partial charge >= 0.3 is 0 Å². The zero-order chi connectivity index (χ0) is 25.0. The number of rotatable bonds is 7. The molecule has 8 nitrogen and oxygen atoms in total. The molecule has 0 amide bonds. The predicted molar refractivity (Wildman–Crippen MR) is 148 cm³/mol. The van der Waals surface area contributed by atoms with Crippen molar-refractivity contribution in [3.8, 4) is 11.4 Å². The first-order chi connectivity index (χ1) is 18.2. The molecule has 5 aromatic rings. The molecule has 6 rings (SSSR count). The highest BCUT2D eigenvalue weighted by Gasteiger charge is 2.24. The number of benzene rings is 3. The van der Waals surface area contributed by atoms with Gasteiger partial charge in [-0.25, -0.2) is 4.98 Å². The van der Waals surface area contributed by atoms with E-state index in [0.717, 1.165) is 54.0 Å². The summed E-state index contributed by atoms with van der Waals surface area (Å²) in [5, 5.41) is 24.8. The van der Waals surface area contributed by atoms with Gasteiger partial charge in [-0.3, -0.25) is 5.10 Å². The van der Waals surface area contributed by atoms with Crippen LogP contribution in [0.25, 0.3) is 22.3 Å². The van der Waals surface area contributed by atoms with Crippen LogP contribution in [-0.4, -0.2) is 51.1 Å². The molecule has 1 fully saturated rings. The van der Waals surface area contributed by atoms with Crippen molar-refractivity contribution < 1.29 is 0 Å². The molecule has 186 valence electrons. The van der Waals surface area contributed by atoms with Crippen LogP contribution < -0.4 is 15.5 Å². The van der Waals surface area contributed by atoms with E-state index < -0.39 is 0 Å². The van der Waals surface area contributed by atoms with Crippen LogP contribution in [0.2, 0.25) is 0 Å². The monoisotopic (exact) mass is 490 g/mol. The van der Waals surface area contributed by atoms with Gasteiger partial charge in [0, 0.05) is 48.9 Å². The minimum Gasteiger partial charge on any atom is -0.361 e. The number of nitrogens with one attached hydrogen (secondary N) is 3. The SMILES string of the molecule is Cc1[nH]nc2ccc(-c3nnc(NCc4ccccc4)c(N4CCNC(Cc5ccccc5)C4)n3)cc12. The molecule has 2 aromatic heterocycles. The summed E-state index contributed by atoms with van der Waals surface area (Å²) in [6.45, 7) is 5.25. The molecule has 37 heavy (non-hydrogen) atoms. The van der Waals surface area contributed by atoms with Crippen LogP contribution in [0.1, 0.15) is 16.8 Å². The summed E-state index contributed by atoms with van der Waals surface area (Å²) in [6, 6.07) is 27.4. The molecule has 8 heteroatoms. The van der Waals surface area contributed by atoms with Crippen LogP contribution in [0.5, 0.6) is 0 Å². The minimum atomic E-state index is 0.321. The number of hydrogen-bond acceptors (Lipinski definition) is 7. The Bertz CT molecular complexity index is 1480. The molecule has 1 saturated heterocycles. The van der Waals surface area contributed by atoms with Crippen molar-refractivity contribution in [3.05, 3.63) is 95.7 Å². The topological polar surface area (TPSA) is 94.6 Å². The summed E-state index contributed by atoms with van der Waals surface area (Å²) in [4.78, 5) is 7.40. The summed E-state index contributed by atoms with van der Waals surface area (Å²) in [5.74, 6) is 2.15. The van der Waals surface area contributed by atoms with Crippen LogP contribution in [-0.2, 0) is 13.0 Å². The molecule has 0 bridgehead atoms. The standard InChI is InChI=1S/C29H30N8/c1-20-25-17-23(12-13-26(25)34-33-20)27-32-29(28(36-35-27)31-18-22-10-6-3-7-11-22)37-15-14-30-24(19-37)16-21-8-4-2-5-9-21/h2-13,17,24,30H,14-16,18-19H2,1H3,(H,31,36)(H,33,34). The molecule has 1 atom stereocenters. The maximum atomic E-state index is 5.07. The number of aromatic amines is 1. The number of aryl methyl sites for hydroxylation is 1. The lowest BCUT2D eigenvalue weighted by atomic mass is 10.0. The summed E-state index contributed by atoms with van der Waals surface area (Å²) in [7, 11) is 0. The molecule has 3 N–H and O–H groups in total. The van der Waals surface area contributed by atoms with Gasteiger partial charge in [-0.1, -0.05) is 60.7 Å². The smallest absolute Gasteiger partial charge is 0.192 e. The van der Waals surface area contributed by atoms with Gasteiger partial charge in [0.05, 0.1) is 5.52 Å². The van der Waals surface area contributed by atoms with Crippen LogP contribution in [0, 0.1) is 6.92 Å². The zero-order valence-corrected chi connectivity index (χ0v) is 20.9. The van der Waals surface area contributed by atoms with E-state index in [0.29, 0.717) is 24.2 Å². The predicted octanol–water partition coefficient (Wildman–Crippen LogP) is 4.36. The summed E-state index contributed by atoms with van der Waals surface area (Å²) in [5.41, 5.74) is 5.40. The van der Waals surface area contributed by atoms with Gasteiger partial charge in [-0.2, -0.15) is 5.10 Å². The van der Waals surface area contributed by atoms with Crippen LogP contribution in [0.4, 0.5) is 11.6 Å². The van der Waals surface area contributed by atoms with Crippen molar-refractivity contribution in [2.45, 2.75) is 25.9 Å². The highest BCUT2D eigenvalue weighted by molar-refractivity contribution is 5.85. The van der Waals surface area contributed by atoms with Crippen molar-refractivity contribution in [2.24, 2.45) is 0 Å². The second-order valence-electron chi connectivity index (χ2n) is 9.51. The summed E-state index contributed by atoms with van der Waals surface area (Å²) < 4.78 is 0. The first-order valence-electron chi connectivity index (χ1n) is 12.7. The summed E-state index contributed by atoms with van der Waals surface area (Å²) >= 11 is 0. The Balaban J connectivity index is 1.32. The van der Waals surface area contributed by atoms with Gasteiger partial charge in [0.15, 0.2) is 17.5 Å². The largest absolute Gasteiger partial charge is 0.361 e. The van der Waals surface area contributed by atoms with Crippen molar-refractivity contribution in [2.75, 3.05) is 29.9 Å². The van der Waals surface area contributed by atoms with E-state index >= 15 is 0 Å². The fourth-order valence-electron chi connectivity index (χ4n) is 4.89. The Labute approximate surface area is 216 Å². The highest BCUT2D eigenvalue weighted by Crippen LogP contribution is 2.28. The van der Waals surface area contributed by atoms with Gasteiger partial charge in [0.1, 0.15) is 0 Å². The van der Waals surface area contributed by atoms with Crippen LogP contribution >= 0.6 is 0 Å². The first kappa shape index (κ1) is 23.1. The average Bonchev–Trinajstić information content (AvgIpc) is 3.33. The van der Waals surface area contributed by atoms with E-state index in [4.69, 9.17) is 4.98 Å². The van der Waals surface area contributed by atoms with Gasteiger partial charge in [0.25, 0.3) is 0 Å². The van der Waals surface area contributed by atoms with Crippen molar-refractivity contribution in [1.82, 2.24) is 30.7 Å². The molecule has 1 aliphatic heterocycles. The quantitative estimate of drug-likeness (QED) is 0.312. The third kappa shape index (κ3) is 5.15. The van der Waals surface area contributed by atoms with E-state index in [1.807, 2.05) is 37.3 Å². The number of nitrogens with zero attached hydrogens (tertiary/aromatic N) is 5. The van der Waals surface area contributed by atoms with E-state index in [-0.39, 0.29) is 0 Å². The minimum absolute atomic E-state index is 0.321. The fourth-order valence-corrected chi connectivity index (χ4v) is 4.89.